The van der Waals surface area contributed by atoms with Crippen LogP contribution in [0.15, 0.2) is 41.5 Å². The number of likely N-dealkylation sites (tertiary alicyclic amines) is 1. The highest BCUT2D eigenvalue weighted by atomic mass is 32.1. The molecular weight excluding hydrogens is 310 g/mol. The summed E-state index contributed by atoms with van der Waals surface area (Å²) in [6.45, 7) is 2.94. The van der Waals surface area contributed by atoms with Gasteiger partial charge in [-0.1, -0.05) is 34.8 Å². The van der Waals surface area contributed by atoms with Crippen LogP contribution in [0, 0.1) is 0 Å². The Balaban J connectivity index is 1.46. The van der Waals surface area contributed by atoms with Gasteiger partial charge in [0.15, 0.2) is 10.3 Å². The molecule has 3 heterocycles. The lowest BCUT2D eigenvalue weighted by Crippen LogP contribution is -2.37. The number of rotatable bonds is 3. The SMILES string of the molecule is O=c1c2nnsc2ncn1C1CCN(Cc2ccccc2)CC1. The number of benzene rings is 1. The molecule has 1 aliphatic rings. The van der Waals surface area contributed by atoms with Crippen molar-refractivity contribution in [2.75, 3.05) is 13.1 Å². The Morgan fingerprint density at radius 1 is 1.17 bits per heavy atom. The van der Waals surface area contributed by atoms with Crippen molar-refractivity contribution in [2.24, 2.45) is 0 Å². The molecule has 0 saturated carbocycles. The fourth-order valence-corrected chi connectivity index (χ4v) is 3.66. The topological polar surface area (TPSA) is 63.9 Å². The maximum atomic E-state index is 12.5. The smallest absolute Gasteiger partial charge is 0.282 e. The second-order valence-corrected chi connectivity index (χ2v) is 6.61. The van der Waals surface area contributed by atoms with Crippen LogP contribution in [-0.4, -0.2) is 37.1 Å². The van der Waals surface area contributed by atoms with Gasteiger partial charge in [-0.2, -0.15) is 0 Å². The second-order valence-electron chi connectivity index (χ2n) is 5.88. The van der Waals surface area contributed by atoms with Crippen LogP contribution in [0.2, 0.25) is 0 Å². The molecule has 1 saturated heterocycles. The molecule has 0 bridgehead atoms. The summed E-state index contributed by atoms with van der Waals surface area (Å²) in [5, 5.41) is 3.91. The van der Waals surface area contributed by atoms with E-state index < -0.39 is 0 Å². The van der Waals surface area contributed by atoms with E-state index in [1.165, 1.54) is 5.56 Å². The van der Waals surface area contributed by atoms with Gasteiger partial charge in [0, 0.05) is 37.2 Å². The van der Waals surface area contributed by atoms with Crippen LogP contribution < -0.4 is 5.56 Å². The van der Waals surface area contributed by atoms with Crippen molar-refractivity contribution in [3.05, 3.63) is 52.6 Å². The molecule has 7 heteroatoms. The van der Waals surface area contributed by atoms with Crippen LogP contribution in [0.1, 0.15) is 24.4 Å². The third kappa shape index (κ3) is 2.89. The zero-order valence-corrected chi connectivity index (χ0v) is 13.4. The molecule has 1 fully saturated rings. The van der Waals surface area contributed by atoms with Crippen molar-refractivity contribution >= 4 is 21.9 Å². The van der Waals surface area contributed by atoms with Gasteiger partial charge in [0.25, 0.3) is 5.56 Å². The molecule has 0 radical (unpaired) electrons. The number of hydrogen-bond donors (Lipinski definition) is 0. The maximum Gasteiger partial charge on any atom is 0.282 e. The summed E-state index contributed by atoms with van der Waals surface area (Å²) in [6.07, 6.45) is 3.57. The van der Waals surface area contributed by atoms with E-state index in [0.29, 0.717) is 10.3 Å². The van der Waals surface area contributed by atoms with E-state index in [-0.39, 0.29) is 11.6 Å². The molecule has 23 heavy (non-hydrogen) atoms. The van der Waals surface area contributed by atoms with E-state index in [2.05, 4.69) is 43.7 Å². The number of piperidine rings is 1. The fraction of sp³-hybridized carbons (Fsp3) is 0.375. The predicted octanol–water partition coefficient (Wildman–Crippen LogP) is 2.09. The molecule has 3 aromatic rings. The van der Waals surface area contributed by atoms with E-state index in [1.807, 2.05) is 6.07 Å². The van der Waals surface area contributed by atoms with Gasteiger partial charge in [0.2, 0.25) is 0 Å². The molecule has 118 valence electrons. The Hall–Kier alpha value is -2.12. The monoisotopic (exact) mass is 327 g/mol. The molecular formula is C16H17N5OS. The summed E-state index contributed by atoms with van der Waals surface area (Å²) in [5.74, 6) is 0. The van der Waals surface area contributed by atoms with E-state index in [0.717, 1.165) is 44.0 Å². The van der Waals surface area contributed by atoms with Crippen LogP contribution in [0.4, 0.5) is 0 Å². The van der Waals surface area contributed by atoms with Gasteiger partial charge >= 0.3 is 0 Å². The molecule has 1 aliphatic heterocycles. The Labute approximate surface area is 137 Å². The van der Waals surface area contributed by atoms with Gasteiger partial charge in [-0.25, -0.2) is 4.98 Å². The molecule has 0 amide bonds. The van der Waals surface area contributed by atoms with E-state index in [9.17, 15) is 4.79 Å². The highest BCUT2D eigenvalue weighted by Crippen LogP contribution is 2.22. The third-order valence-corrected chi connectivity index (χ3v) is 5.04. The molecule has 0 aliphatic carbocycles. The van der Waals surface area contributed by atoms with E-state index >= 15 is 0 Å². The van der Waals surface area contributed by atoms with Crippen molar-refractivity contribution in [1.29, 1.82) is 0 Å². The number of fused-ring (bicyclic) bond motifs is 1. The van der Waals surface area contributed by atoms with E-state index in [4.69, 9.17) is 0 Å². The van der Waals surface area contributed by atoms with Gasteiger partial charge in [-0.15, -0.1) is 5.10 Å². The van der Waals surface area contributed by atoms with Crippen LogP contribution in [0.25, 0.3) is 10.3 Å². The average molecular weight is 327 g/mol. The highest BCUT2D eigenvalue weighted by molar-refractivity contribution is 7.12. The minimum atomic E-state index is -0.0646. The molecule has 0 atom stereocenters. The Kier molecular flexibility index (Phi) is 3.88. The van der Waals surface area contributed by atoms with Gasteiger partial charge in [-0.05, 0) is 18.4 Å². The first-order valence-electron chi connectivity index (χ1n) is 7.77. The second kappa shape index (κ2) is 6.17. The molecule has 0 spiro atoms. The third-order valence-electron chi connectivity index (χ3n) is 4.41. The minimum Gasteiger partial charge on any atom is -0.299 e. The number of aromatic nitrogens is 4. The summed E-state index contributed by atoms with van der Waals surface area (Å²) in [7, 11) is 0. The summed E-state index contributed by atoms with van der Waals surface area (Å²) in [4.78, 5) is 19.8. The largest absolute Gasteiger partial charge is 0.299 e. The van der Waals surface area contributed by atoms with E-state index in [1.54, 1.807) is 10.9 Å². The highest BCUT2D eigenvalue weighted by Gasteiger charge is 2.22. The van der Waals surface area contributed by atoms with Crippen molar-refractivity contribution in [3.63, 3.8) is 0 Å². The Morgan fingerprint density at radius 2 is 1.96 bits per heavy atom. The molecule has 2 aromatic heterocycles. The lowest BCUT2D eigenvalue weighted by molar-refractivity contribution is 0.177. The summed E-state index contributed by atoms with van der Waals surface area (Å²) in [5.41, 5.74) is 1.66. The average Bonchev–Trinajstić information content (AvgIpc) is 3.07. The van der Waals surface area contributed by atoms with Gasteiger partial charge in [-0.3, -0.25) is 14.3 Å². The number of nitrogens with zero attached hydrogens (tertiary/aromatic N) is 5. The van der Waals surface area contributed by atoms with Crippen LogP contribution in [0.5, 0.6) is 0 Å². The van der Waals surface area contributed by atoms with Gasteiger partial charge in [0.05, 0.1) is 6.33 Å². The summed E-state index contributed by atoms with van der Waals surface area (Å²) < 4.78 is 5.55. The zero-order valence-electron chi connectivity index (χ0n) is 12.6. The normalized spacial score (nSPS) is 16.9. The molecule has 0 unspecified atom stereocenters. The fourth-order valence-electron chi connectivity index (χ4n) is 3.15. The van der Waals surface area contributed by atoms with Crippen molar-refractivity contribution in [1.82, 2.24) is 24.0 Å². The Morgan fingerprint density at radius 3 is 2.74 bits per heavy atom. The van der Waals surface area contributed by atoms with Crippen molar-refractivity contribution < 1.29 is 0 Å². The minimum absolute atomic E-state index is 0.0646. The van der Waals surface area contributed by atoms with Gasteiger partial charge < -0.3 is 0 Å². The van der Waals surface area contributed by atoms with Crippen molar-refractivity contribution in [3.8, 4) is 0 Å². The number of hydrogen-bond acceptors (Lipinski definition) is 6. The van der Waals surface area contributed by atoms with Crippen LogP contribution in [0.3, 0.4) is 0 Å². The first-order chi connectivity index (χ1) is 11.3. The van der Waals surface area contributed by atoms with Crippen LogP contribution in [-0.2, 0) is 6.54 Å². The molecule has 1 aromatic carbocycles. The summed E-state index contributed by atoms with van der Waals surface area (Å²) in [6, 6.07) is 10.7. The van der Waals surface area contributed by atoms with Gasteiger partial charge in [0.1, 0.15) is 0 Å². The molecule has 6 nitrogen and oxygen atoms in total. The first-order valence-corrected chi connectivity index (χ1v) is 8.54. The standard InChI is InChI=1S/C16H17N5OS/c22-16-14-15(23-19-18-14)17-11-21(16)13-6-8-20(9-7-13)10-12-4-2-1-3-5-12/h1-5,11,13H,6-10H2. The molecule has 0 N–H and O–H groups in total. The summed E-state index contributed by atoms with van der Waals surface area (Å²) >= 11 is 1.16. The lowest BCUT2D eigenvalue weighted by atomic mass is 10.0. The molecule has 4 rings (SSSR count). The zero-order chi connectivity index (χ0) is 15.6. The first kappa shape index (κ1) is 14.5. The van der Waals surface area contributed by atoms with Crippen molar-refractivity contribution in [2.45, 2.75) is 25.4 Å². The maximum absolute atomic E-state index is 12.5. The lowest BCUT2D eigenvalue weighted by Gasteiger charge is -2.32. The quantitative estimate of drug-likeness (QED) is 0.737. The van der Waals surface area contributed by atoms with Crippen LogP contribution >= 0.6 is 11.5 Å². The predicted molar refractivity (Wildman–Crippen MR) is 89.5 cm³/mol. The Bertz CT molecular complexity index is 852.